The number of nitrogens with one attached hydrogen (secondary N) is 1. The van der Waals surface area contributed by atoms with E-state index in [9.17, 15) is 19.5 Å². The molecule has 2 N–H and O–H groups in total. The van der Waals surface area contributed by atoms with Gasteiger partial charge in [-0.2, -0.15) is 0 Å². The number of pyridine rings is 1. The molecule has 3 heterocycles. The third-order valence-corrected chi connectivity index (χ3v) is 8.58. The Balaban J connectivity index is 1.39. The minimum absolute atomic E-state index is 0.113. The number of anilines is 1. The van der Waals surface area contributed by atoms with Crippen LogP contribution in [0.15, 0.2) is 65.8 Å². The number of hydrogen-bond acceptors (Lipinski definition) is 6. The molecular weight excluding hydrogens is 506 g/mol. The maximum absolute atomic E-state index is 13.4. The molecule has 9 heteroatoms. The molecule has 1 aliphatic rings. The Morgan fingerprint density at radius 2 is 1.92 bits per heavy atom. The van der Waals surface area contributed by atoms with Crippen LogP contribution in [0.1, 0.15) is 54.9 Å². The smallest absolute Gasteiger partial charge is 0.339 e. The van der Waals surface area contributed by atoms with Crippen molar-refractivity contribution in [3.8, 4) is 0 Å². The van der Waals surface area contributed by atoms with Gasteiger partial charge in [-0.25, -0.2) is 9.78 Å². The largest absolute Gasteiger partial charge is 0.478 e. The first-order valence-corrected chi connectivity index (χ1v) is 13.8. The van der Waals surface area contributed by atoms with Gasteiger partial charge in [0.2, 0.25) is 0 Å². The molecule has 0 radical (unpaired) electrons. The van der Waals surface area contributed by atoms with Crippen LogP contribution < -0.4 is 5.32 Å². The zero-order valence-electron chi connectivity index (χ0n) is 20.2. The van der Waals surface area contributed by atoms with E-state index in [4.69, 9.17) is 0 Å². The molecule has 1 aliphatic heterocycles. The van der Waals surface area contributed by atoms with Gasteiger partial charge in [0.15, 0.2) is 0 Å². The molecule has 2 aromatic heterocycles. The van der Waals surface area contributed by atoms with Crippen molar-refractivity contribution in [3.63, 3.8) is 0 Å². The first-order chi connectivity index (χ1) is 18.0. The van der Waals surface area contributed by atoms with Gasteiger partial charge in [-0.1, -0.05) is 37.3 Å². The maximum Gasteiger partial charge on any atom is 0.339 e. The molecule has 0 unspecified atom stereocenters. The molecule has 0 fully saturated rings. The van der Waals surface area contributed by atoms with Crippen molar-refractivity contribution in [2.45, 2.75) is 31.3 Å². The molecule has 0 bridgehead atoms. The van der Waals surface area contributed by atoms with Crippen molar-refractivity contribution >= 4 is 56.7 Å². The second-order valence-electron chi connectivity index (χ2n) is 8.71. The highest BCUT2D eigenvalue weighted by atomic mass is 32.2. The molecule has 5 rings (SSSR count). The Hall–Kier alpha value is -3.69. The molecule has 0 saturated carbocycles. The SMILES string of the molecule is CCCSc1ncccc1C(=O)N1CCc2c(sc(NC(=O)c3ccc4ccccc4c3)c2C(=O)O)C1. The second kappa shape index (κ2) is 10.7. The van der Waals surface area contributed by atoms with Crippen molar-refractivity contribution in [2.24, 2.45) is 0 Å². The van der Waals surface area contributed by atoms with Gasteiger partial charge in [-0.3, -0.25) is 9.59 Å². The van der Waals surface area contributed by atoms with Gasteiger partial charge >= 0.3 is 5.97 Å². The summed E-state index contributed by atoms with van der Waals surface area (Å²) in [6.45, 7) is 2.77. The Morgan fingerprint density at radius 3 is 2.70 bits per heavy atom. The number of aromatic carboxylic acids is 1. The fraction of sp³-hybridized carbons (Fsp3) is 0.214. The third-order valence-electron chi connectivity index (χ3n) is 6.24. The van der Waals surface area contributed by atoms with Gasteiger partial charge in [-0.15, -0.1) is 23.1 Å². The standard InChI is InChI=1S/C28H25N3O4S2/c1-2-14-36-25-21(8-5-12-29-25)27(33)31-13-11-20-22(16-31)37-26(23(20)28(34)35)30-24(32)19-10-9-17-6-3-4-7-18(17)15-19/h3-10,12,15H,2,11,13-14,16H2,1H3,(H,30,32)(H,34,35). The summed E-state index contributed by atoms with van der Waals surface area (Å²) in [6, 6.07) is 16.7. The van der Waals surface area contributed by atoms with Gasteiger partial charge in [0, 0.05) is 23.2 Å². The topological polar surface area (TPSA) is 99.6 Å². The zero-order valence-corrected chi connectivity index (χ0v) is 21.8. The number of carboxylic acid groups (broad SMARTS) is 1. The molecule has 0 saturated heterocycles. The van der Waals surface area contributed by atoms with E-state index in [1.165, 1.54) is 11.3 Å². The Kier molecular flexibility index (Phi) is 7.25. The lowest BCUT2D eigenvalue weighted by Gasteiger charge is -2.27. The molecule has 4 aromatic rings. The van der Waals surface area contributed by atoms with Crippen LogP contribution in [0.5, 0.6) is 0 Å². The molecule has 0 atom stereocenters. The minimum Gasteiger partial charge on any atom is -0.478 e. The van der Waals surface area contributed by atoms with Crippen LogP contribution in [-0.4, -0.2) is 45.1 Å². The fourth-order valence-electron chi connectivity index (χ4n) is 4.43. The van der Waals surface area contributed by atoms with E-state index in [-0.39, 0.29) is 23.9 Å². The zero-order chi connectivity index (χ0) is 25.9. The molecule has 0 spiro atoms. The van der Waals surface area contributed by atoms with Crippen LogP contribution in [0.25, 0.3) is 10.8 Å². The summed E-state index contributed by atoms with van der Waals surface area (Å²) in [4.78, 5) is 45.5. The van der Waals surface area contributed by atoms with Crippen molar-refractivity contribution in [2.75, 3.05) is 17.6 Å². The molecule has 37 heavy (non-hydrogen) atoms. The van der Waals surface area contributed by atoms with Crippen LogP contribution in [0.3, 0.4) is 0 Å². The van der Waals surface area contributed by atoms with Crippen LogP contribution in [0, 0.1) is 0 Å². The summed E-state index contributed by atoms with van der Waals surface area (Å²) in [5.74, 6) is -0.706. The molecule has 2 amide bonds. The van der Waals surface area contributed by atoms with Crippen molar-refractivity contribution in [3.05, 3.63) is 87.9 Å². The summed E-state index contributed by atoms with van der Waals surface area (Å²) >= 11 is 2.78. The average molecular weight is 532 g/mol. The van der Waals surface area contributed by atoms with Gasteiger partial charge in [0.1, 0.15) is 10.0 Å². The van der Waals surface area contributed by atoms with Crippen LogP contribution in [-0.2, 0) is 13.0 Å². The Morgan fingerprint density at radius 1 is 1.11 bits per heavy atom. The Labute approximate surface area is 222 Å². The summed E-state index contributed by atoms with van der Waals surface area (Å²) in [5, 5.41) is 15.7. The predicted octanol–water partition coefficient (Wildman–Crippen LogP) is 5.95. The number of benzene rings is 2. The van der Waals surface area contributed by atoms with Crippen LogP contribution >= 0.6 is 23.1 Å². The number of amides is 2. The fourth-order valence-corrected chi connectivity index (χ4v) is 6.53. The highest BCUT2D eigenvalue weighted by Crippen LogP contribution is 2.38. The summed E-state index contributed by atoms with van der Waals surface area (Å²) < 4.78 is 0. The number of thiophene rings is 1. The van der Waals surface area contributed by atoms with Gasteiger partial charge < -0.3 is 15.3 Å². The number of carboxylic acids is 1. The van der Waals surface area contributed by atoms with Gasteiger partial charge in [0.05, 0.1) is 17.7 Å². The number of aromatic nitrogens is 1. The van der Waals surface area contributed by atoms with Crippen molar-refractivity contribution < 1.29 is 19.5 Å². The number of carbonyl (C=O) groups excluding carboxylic acids is 2. The summed E-state index contributed by atoms with van der Waals surface area (Å²) in [7, 11) is 0. The highest BCUT2D eigenvalue weighted by Gasteiger charge is 2.31. The highest BCUT2D eigenvalue weighted by molar-refractivity contribution is 7.99. The summed E-state index contributed by atoms with van der Waals surface area (Å²) in [5.41, 5.74) is 1.81. The lowest BCUT2D eigenvalue weighted by atomic mass is 10.0. The van der Waals surface area contributed by atoms with E-state index in [1.54, 1.807) is 47.1 Å². The van der Waals surface area contributed by atoms with Gasteiger partial charge in [-0.05, 0) is 59.2 Å². The number of carbonyl (C=O) groups is 3. The van der Waals surface area contributed by atoms with Gasteiger partial charge in [0.25, 0.3) is 11.8 Å². The van der Waals surface area contributed by atoms with E-state index < -0.39 is 5.97 Å². The lowest BCUT2D eigenvalue weighted by molar-refractivity contribution is 0.0696. The lowest BCUT2D eigenvalue weighted by Crippen LogP contribution is -2.36. The van der Waals surface area contributed by atoms with Crippen LogP contribution in [0.4, 0.5) is 5.00 Å². The van der Waals surface area contributed by atoms with E-state index in [1.807, 2.05) is 30.3 Å². The van der Waals surface area contributed by atoms with Crippen molar-refractivity contribution in [1.82, 2.24) is 9.88 Å². The summed E-state index contributed by atoms with van der Waals surface area (Å²) in [6.07, 6.45) is 3.07. The minimum atomic E-state index is -1.09. The molecule has 188 valence electrons. The molecule has 7 nitrogen and oxygen atoms in total. The first-order valence-electron chi connectivity index (χ1n) is 12.0. The van der Waals surface area contributed by atoms with Crippen molar-refractivity contribution in [1.29, 1.82) is 0 Å². The number of hydrogen-bond donors (Lipinski definition) is 2. The number of fused-ring (bicyclic) bond motifs is 2. The maximum atomic E-state index is 13.4. The van der Waals surface area contributed by atoms with Crippen LogP contribution in [0.2, 0.25) is 0 Å². The second-order valence-corrected chi connectivity index (χ2v) is 10.9. The number of rotatable bonds is 7. The number of thioether (sulfide) groups is 1. The number of nitrogens with zero attached hydrogens (tertiary/aromatic N) is 2. The normalized spacial score (nSPS) is 12.8. The Bertz CT molecular complexity index is 1510. The first kappa shape index (κ1) is 25.0. The third kappa shape index (κ3) is 5.10. The monoisotopic (exact) mass is 531 g/mol. The average Bonchev–Trinajstić information content (AvgIpc) is 3.28. The van der Waals surface area contributed by atoms with E-state index in [0.29, 0.717) is 39.7 Å². The van der Waals surface area contributed by atoms with E-state index >= 15 is 0 Å². The predicted molar refractivity (Wildman–Crippen MR) is 147 cm³/mol. The quantitative estimate of drug-likeness (QED) is 0.286. The molecular formula is C28H25N3O4S2. The molecule has 2 aromatic carbocycles. The molecule has 0 aliphatic carbocycles. The van der Waals surface area contributed by atoms with E-state index in [0.717, 1.165) is 27.8 Å². The van der Waals surface area contributed by atoms with E-state index in [2.05, 4.69) is 17.2 Å².